The molecule has 0 spiro atoms. The molecule has 6 heteroatoms. The van der Waals surface area contributed by atoms with Crippen molar-refractivity contribution in [3.8, 4) is 18.2 Å². The molecule has 27 heavy (non-hydrogen) atoms. The molecule has 4 atom stereocenters. The molecule has 0 radical (unpaired) electrons. The summed E-state index contributed by atoms with van der Waals surface area (Å²) in [5.41, 5.74) is 7.01. The van der Waals surface area contributed by atoms with Crippen LogP contribution in [0.4, 0.5) is 0 Å². The first kappa shape index (κ1) is 17.8. The Balaban J connectivity index is 2.04. The lowest BCUT2D eigenvalue weighted by Crippen LogP contribution is -2.51. The molecule has 4 rings (SSSR count). The largest absolute Gasteiger partial charge is 0.399 e. The second kappa shape index (κ2) is 6.24. The van der Waals surface area contributed by atoms with Gasteiger partial charge in [0.25, 0.3) is 0 Å². The lowest BCUT2D eigenvalue weighted by Gasteiger charge is -2.48. The van der Waals surface area contributed by atoms with Gasteiger partial charge in [0.15, 0.2) is 5.41 Å². The molecule has 1 saturated heterocycles. The third kappa shape index (κ3) is 2.29. The average Bonchev–Trinajstić information content (AvgIpc) is 2.91. The van der Waals surface area contributed by atoms with Crippen molar-refractivity contribution in [2.75, 3.05) is 7.05 Å². The van der Waals surface area contributed by atoms with Crippen molar-refractivity contribution in [3.05, 3.63) is 57.2 Å². The third-order valence-corrected chi connectivity index (χ3v) is 6.98. The van der Waals surface area contributed by atoms with E-state index in [-0.39, 0.29) is 23.7 Å². The van der Waals surface area contributed by atoms with Gasteiger partial charge < -0.3 is 5.73 Å². The molecule has 5 nitrogen and oxygen atoms in total. The molecule has 0 amide bonds. The van der Waals surface area contributed by atoms with E-state index in [1.807, 2.05) is 24.3 Å². The number of nitriles is 3. The minimum atomic E-state index is -1.56. The summed E-state index contributed by atoms with van der Waals surface area (Å²) < 4.78 is 0.931. The van der Waals surface area contributed by atoms with Crippen molar-refractivity contribution >= 4 is 15.9 Å². The van der Waals surface area contributed by atoms with Gasteiger partial charge in [-0.1, -0.05) is 34.1 Å². The standard InChI is InChI=1S/C21H18BrN5/c1-27-14-6-7-17(27)18-15(8-14)16(9-23)20(26)21(10-24,11-25)19(18)12-2-4-13(22)5-3-12/h2-5,8,14,17-19H,6-7,26H2,1H3/t14?,17?,18-,19+/m0/s1. The van der Waals surface area contributed by atoms with Crippen molar-refractivity contribution in [3.63, 3.8) is 0 Å². The Kier molecular flexibility index (Phi) is 4.11. The summed E-state index contributed by atoms with van der Waals surface area (Å²) >= 11 is 3.45. The molecule has 2 aliphatic heterocycles. The van der Waals surface area contributed by atoms with E-state index in [0.717, 1.165) is 28.5 Å². The number of halogens is 1. The van der Waals surface area contributed by atoms with Gasteiger partial charge in [-0.25, -0.2) is 0 Å². The van der Waals surface area contributed by atoms with Crippen LogP contribution in [0.15, 0.2) is 51.7 Å². The molecule has 0 saturated carbocycles. The van der Waals surface area contributed by atoms with E-state index in [1.165, 1.54) is 0 Å². The summed E-state index contributed by atoms with van der Waals surface area (Å²) in [5, 5.41) is 30.0. The Bertz CT molecular complexity index is 971. The van der Waals surface area contributed by atoms with Crippen molar-refractivity contribution in [1.82, 2.24) is 4.90 Å². The monoisotopic (exact) mass is 419 g/mol. The summed E-state index contributed by atoms with van der Waals surface area (Å²) in [4.78, 5) is 2.32. The normalized spacial score (nSPS) is 31.3. The predicted octanol–water partition coefficient (Wildman–Crippen LogP) is 3.34. The molecular weight excluding hydrogens is 402 g/mol. The number of allylic oxidation sites excluding steroid dienone is 2. The van der Waals surface area contributed by atoms with Crippen LogP contribution in [0.25, 0.3) is 0 Å². The number of nitrogens with zero attached hydrogens (tertiary/aromatic N) is 4. The summed E-state index contributed by atoms with van der Waals surface area (Å²) in [7, 11) is 2.09. The second-order valence-electron chi connectivity index (χ2n) is 7.49. The molecule has 3 aliphatic rings. The molecule has 2 heterocycles. The Morgan fingerprint density at radius 3 is 2.41 bits per heavy atom. The van der Waals surface area contributed by atoms with E-state index in [0.29, 0.717) is 5.57 Å². The molecule has 1 aromatic rings. The molecule has 0 aromatic heterocycles. The fraction of sp³-hybridized carbons (Fsp3) is 0.381. The predicted molar refractivity (Wildman–Crippen MR) is 104 cm³/mol. The molecule has 1 aromatic carbocycles. The molecule has 1 fully saturated rings. The van der Waals surface area contributed by atoms with Crippen LogP contribution in [-0.4, -0.2) is 24.0 Å². The molecule has 1 aliphatic carbocycles. The molecule has 2 bridgehead atoms. The zero-order chi connectivity index (χ0) is 19.3. The number of fused-ring (bicyclic) bond motifs is 4. The summed E-state index contributed by atoms with van der Waals surface area (Å²) in [5.74, 6) is -0.536. The van der Waals surface area contributed by atoms with E-state index in [9.17, 15) is 15.8 Å². The van der Waals surface area contributed by atoms with Gasteiger partial charge in [0.1, 0.15) is 6.07 Å². The molecular formula is C21H18BrN5. The van der Waals surface area contributed by atoms with Gasteiger partial charge in [0.2, 0.25) is 0 Å². The van der Waals surface area contributed by atoms with Crippen molar-refractivity contribution in [1.29, 1.82) is 15.8 Å². The van der Waals surface area contributed by atoms with Gasteiger partial charge in [0, 0.05) is 28.4 Å². The topological polar surface area (TPSA) is 101 Å². The number of hydrogen-bond acceptors (Lipinski definition) is 5. The SMILES string of the molecule is CN1C2C=C3C(C#N)=C(N)C(C#N)(C#N)[C@H](c4ccc(Br)cc4)[C@@H]3C1CC2. The van der Waals surface area contributed by atoms with E-state index < -0.39 is 11.3 Å². The van der Waals surface area contributed by atoms with Crippen LogP contribution < -0.4 is 5.73 Å². The zero-order valence-corrected chi connectivity index (χ0v) is 16.4. The van der Waals surface area contributed by atoms with E-state index in [2.05, 4.69) is 52.2 Å². The van der Waals surface area contributed by atoms with Crippen LogP contribution in [0.5, 0.6) is 0 Å². The van der Waals surface area contributed by atoms with E-state index in [4.69, 9.17) is 5.73 Å². The summed E-state index contributed by atoms with van der Waals surface area (Å²) in [6, 6.07) is 14.8. The minimum Gasteiger partial charge on any atom is -0.399 e. The van der Waals surface area contributed by atoms with Gasteiger partial charge in [0.05, 0.1) is 23.4 Å². The third-order valence-electron chi connectivity index (χ3n) is 6.45. The smallest absolute Gasteiger partial charge is 0.191 e. The fourth-order valence-corrected chi connectivity index (χ4v) is 5.40. The van der Waals surface area contributed by atoms with Crippen molar-refractivity contribution in [2.45, 2.75) is 30.8 Å². The van der Waals surface area contributed by atoms with Crippen LogP contribution in [-0.2, 0) is 0 Å². The highest BCUT2D eigenvalue weighted by Gasteiger charge is 2.58. The van der Waals surface area contributed by atoms with E-state index >= 15 is 0 Å². The minimum absolute atomic E-state index is 0.0920. The number of rotatable bonds is 1. The summed E-state index contributed by atoms with van der Waals surface area (Å²) in [6.07, 6.45) is 4.12. The first-order valence-corrected chi connectivity index (χ1v) is 9.70. The van der Waals surface area contributed by atoms with Crippen LogP contribution in [0.1, 0.15) is 24.3 Å². The maximum Gasteiger partial charge on any atom is 0.191 e. The quantitative estimate of drug-likeness (QED) is 0.751. The van der Waals surface area contributed by atoms with Crippen molar-refractivity contribution < 1.29 is 0 Å². The lowest BCUT2D eigenvalue weighted by molar-refractivity contribution is 0.160. The van der Waals surface area contributed by atoms with Gasteiger partial charge in [-0.3, -0.25) is 4.90 Å². The number of hydrogen-bond donors (Lipinski definition) is 1. The average molecular weight is 420 g/mol. The van der Waals surface area contributed by atoms with E-state index in [1.54, 1.807) is 0 Å². The Morgan fingerprint density at radius 1 is 1.15 bits per heavy atom. The van der Waals surface area contributed by atoms with Gasteiger partial charge in [-0.05, 0) is 43.2 Å². The summed E-state index contributed by atoms with van der Waals surface area (Å²) in [6.45, 7) is 0. The highest BCUT2D eigenvalue weighted by molar-refractivity contribution is 9.10. The molecule has 2 unspecified atom stereocenters. The van der Waals surface area contributed by atoms with Gasteiger partial charge in [-0.2, -0.15) is 15.8 Å². The Morgan fingerprint density at radius 2 is 1.81 bits per heavy atom. The highest BCUT2D eigenvalue weighted by atomic mass is 79.9. The van der Waals surface area contributed by atoms with Gasteiger partial charge in [-0.15, -0.1) is 0 Å². The number of nitrogens with two attached hydrogens (primary N) is 1. The fourth-order valence-electron chi connectivity index (χ4n) is 5.13. The van der Waals surface area contributed by atoms with Crippen LogP contribution in [0.2, 0.25) is 0 Å². The molecule has 134 valence electrons. The Labute approximate surface area is 167 Å². The van der Waals surface area contributed by atoms with Crippen LogP contribution >= 0.6 is 15.9 Å². The maximum absolute atomic E-state index is 10.1. The second-order valence-corrected chi connectivity index (χ2v) is 8.40. The first-order valence-electron chi connectivity index (χ1n) is 8.90. The first-order chi connectivity index (χ1) is 13.0. The van der Waals surface area contributed by atoms with Crippen LogP contribution in [0.3, 0.4) is 0 Å². The number of benzene rings is 1. The Hall–Kier alpha value is -2.59. The maximum atomic E-state index is 10.1. The number of likely N-dealkylation sites (N-methyl/N-ethyl adjacent to an activating group) is 1. The van der Waals surface area contributed by atoms with Gasteiger partial charge >= 0.3 is 0 Å². The van der Waals surface area contributed by atoms with Crippen molar-refractivity contribution in [2.24, 2.45) is 17.1 Å². The highest BCUT2D eigenvalue weighted by Crippen LogP contribution is 2.58. The zero-order valence-electron chi connectivity index (χ0n) is 14.9. The molecule has 2 N–H and O–H groups in total. The van der Waals surface area contributed by atoms with Crippen LogP contribution in [0, 0.1) is 45.3 Å². The lowest BCUT2D eigenvalue weighted by atomic mass is 9.56.